The zero-order chi connectivity index (χ0) is 13.7. The molecule has 0 radical (unpaired) electrons. The van der Waals surface area contributed by atoms with Gasteiger partial charge < -0.3 is 15.8 Å². The third-order valence-electron chi connectivity index (χ3n) is 3.32. The highest BCUT2D eigenvalue weighted by atomic mass is 35.5. The maximum absolute atomic E-state index is 11.8. The Bertz CT molecular complexity index is 431. The van der Waals surface area contributed by atoms with Crippen molar-refractivity contribution in [3.8, 4) is 0 Å². The van der Waals surface area contributed by atoms with E-state index in [9.17, 15) is 4.79 Å². The van der Waals surface area contributed by atoms with Crippen LogP contribution >= 0.6 is 11.6 Å². The van der Waals surface area contributed by atoms with Crippen LogP contribution in [0.4, 0.5) is 5.69 Å². The number of carbonyl (C=O) groups is 1. The first-order valence-electron chi connectivity index (χ1n) is 6.56. The van der Waals surface area contributed by atoms with Crippen molar-refractivity contribution < 1.29 is 9.53 Å². The minimum Gasteiger partial charge on any atom is -0.368 e. The van der Waals surface area contributed by atoms with Gasteiger partial charge in [-0.15, -0.1) is 0 Å². The van der Waals surface area contributed by atoms with Crippen LogP contribution in [-0.4, -0.2) is 24.7 Å². The number of hydrogen-bond donors (Lipinski definition) is 2. The van der Waals surface area contributed by atoms with Crippen molar-refractivity contribution in [2.45, 2.75) is 37.8 Å². The van der Waals surface area contributed by atoms with Crippen LogP contribution in [0.1, 0.15) is 25.7 Å². The average molecular weight is 283 g/mol. The number of anilines is 1. The van der Waals surface area contributed by atoms with Crippen LogP contribution in [0, 0.1) is 0 Å². The molecule has 4 nitrogen and oxygen atoms in total. The highest BCUT2D eigenvalue weighted by Crippen LogP contribution is 2.21. The molecule has 5 heteroatoms. The van der Waals surface area contributed by atoms with Gasteiger partial charge in [0.05, 0.1) is 16.8 Å². The maximum atomic E-state index is 11.8. The van der Waals surface area contributed by atoms with Crippen molar-refractivity contribution in [3.63, 3.8) is 0 Å². The Balaban J connectivity index is 1.74. The van der Waals surface area contributed by atoms with Crippen LogP contribution in [0.15, 0.2) is 24.3 Å². The van der Waals surface area contributed by atoms with Gasteiger partial charge in [-0.2, -0.15) is 0 Å². The minimum atomic E-state index is -0.178. The molecule has 1 amide bonds. The van der Waals surface area contributed by atoms with Crippen molar-refractivity contribution in [2.75, 3.05) is 11.9 Å². The van der Waals surface area contributed by atoms with Gasteiger partial charge in [0.25, 0.3) is 0 Å². The standard InChI is InChI=1S/C14H19ClN2O2/c15-12-3-1-2-4-13(12)17-14(18)9-19-11-7-5-10(16)6-8-11/h1-4,10-11H,5-9,16H2,(H,17,18). The Labute approximate surface area is 118 Å². The second kappa shape index (κ2) is 6.89. The molecule has 0 saturated heterocycles. The molecule has 0 aliphatic heterocycles. The Morgan fingerprint density at radius 3 is 2.68 bits per heavy atom. The molecule has 3 N–H and O–H groups in total. The molecule has 0 heterocycles. The van der Waals surface area contributed by atoms with Gasteiger partial charge in [-0.25, -0.2) is 0 Å². The number of nitrogens with one attached hydrogen (secondary N) is 1. The fraction of sp³-hybridized carbons (Fsp3) is 0.500. The summed E-state index contributed by atoms with van der Waals surface area (Å²) >= 11 is 5.96. The van der Waals surface area contributed by atoms with Crippen LogP contribution < -0.4 is 11.1 Å². The number of nitrogens with two attached hydrogens (primary N) is 1. The lowest BCUT2D eigenvalue weighted by Crippen LogP contribution is -2.32. The van der Waals surface area contributed by atoms with Crippen molar-refractivity contribution >= 4 is 23.2 Å². The van der Waals surface area contributed by atoms with Crippen LogP contribution in [-0.2, 0) is 9.53 Å². The number of hydrogen-bond acceptors (Lipinski definition) is 3. The molecule has 0 aromatic heterocycles. The summed E-state index contributed by atoms with van der Waals surface area (Å²) in [6.07, 6.45) is 3.95. The van der Waals surface area contributed by atoms with E-state index in [1.165, 1.54) is 0 Å². The van der Waals surface area contributed by atoms with Crippen LogP contribution in [0.25, 0.3) is 0 Å². The van der Waals surface area contributed by atoms with Crippen LogP contribution in [0.2, 0.25) is 5.02 Å². The number of para-hydroxylation sites is 1. The molecule has 1 aromatic carbocycles. The zero-order valence-corrected chi connectivity index (χ0v) is 11.5. The molecular formula is C14H19ClN2O2. The highest BCUT2D eigenvalue weighted by Gasteiger charge is 2.19. The molecule has 19 heavy (non-hydrogen) atoms. The van der Waals surface area contributed by atoms with Crippen molar-refractivity contribution in [2.24, 2.45) is 5.73 Å². The largest absolute Gasteiger partial charge is 0.368 e. The Morgan fingerprint density at radius 2 is 2.00 bits per heavy atom. The summed E-state index contributed by atoms with van der Waals surface area (Å²) in [4.78, 5) is 11.8. The summed E-state index contributed by atoms with van der Waals surface area (Å²) in [7, 11) is 0. The third kappa shape index (κ3) is 4.49. The predicted molar refractivity (Wildman–Crippen MR) is 76.3 cm³/mol. The quantitative estimate of drug-likeness (QED) is 0.892. The Kier molecular flexibility index (Phi) is 5.19. The summed E-state index contributed by atoms with van der Waals surface area (Å²) in [5.74, 6) is -0.178. The average Bonchev–Trinajstić information content (AvgIpc) is 2.41. The molecule has 0 spiro atoms. The van der Waals surface area contributed by atoms with E-state index in [-0.39, 0.29) is 24.7 Å². The van der Waals surface area contributed by atoms with E-state index in [0.29, 0.717) is 10.7 Å². The molecule has 1 saturated carbocycles. The van der Waals surface area contributed by atoms with E-state index < -0.39 is 0 Å². The topological polar surface area (TPSA) is 64.3 Å². The molecule has 1 aliphatic carbocycles. The van der Waals surface area contributed by atoms with Gasteiger partial charge in [0.1, 0.15) is 6.61 Å². The summed E-state index contributed by atoms with van der Waals surface area (Å²) in [5.41, 5.74) is 6.44. The number of rotatable bonds is 4. The Morgan fingerprint density at radius 1 is 1.32 bits per heavy atom. The number of halogens is 1. The zero-order valence-electron chi connectivity index (χ0n) is 10.8. The Hall–Kier alpha value is -1.10. The third-order valence-corrected chi connectivity index (χ3v) is 3.65. The maximum Gasteiger partial charge on any atom is 0.250 e. The SMILES string of the molecule is NC1CCC(OCC(=O)Nc2ccccc2Cl)CC1. The molecule has 1 aromatic rings. The number of ether oxygens (including phenoxy) is 1. The molecule has 0 unspecified atom stereocenters. The molecule has 0 bridgehead atoms. The van der Waals surface area contributed by atoms with Crippen molar-refractivity contribution in [1.29, 1.82) is 0 Å². The normalized spacial score (nSPS) is 23.1. The number of amides is 1. The van der Waals surface area contributed by atoms with E-state index in [4.69, 9.17) is 22.1 Å². The van der Waals surface area contributed by atoms with E-state index in [2.05, 4.69) is 5.32 Å². The van der Waals surface area contributed by atoms with Crippen molar-refractivity contribution in [1.82, 2.24) is 0 Å². The van der Waals surface area contributed by atoms with E-state index in [1.54, 1.807) is 12.1 Å². The summed E-state index contributed by atoms with van der Waals surface area (Å²) in [6, 6.07) is 7.43. The molecule has 2 rings (SSSR count). The lowest BCUT2D eigenvalue weighted by Gasteiger charge is -2.25. The molecule has 0 atom stereocenters. The van der Waals surface area contributed by atoms with Gasteiger partial charge in [0, 0.05) is 6.04 Å². The number of benzene rings is 1. The van der Waals surface area contributed by atoms with E-state index in [0.717, 1.165) is 25.7 Å². The monoisotopic (exact) mass is 282 g/mol. The molecule has 1 fully saturated rings. The van der Waals surface area contributed by atoms with Gasteiger partial charge in [0.2, 0.25) is 5.91 Å². The predicted octanol–water partition coefficient (Wildman–Crippen LogP) is 2.57. The fourth-order valence-electron chi connectivity index (χ4n) is 2.20. The molecule has 1 aliphatic rings. The fourth-order valence-corrected chi connectivity index (χ4v) is 2.38. The first kappa shape index (κ1) is 14.3. The van der Waals surface area contributed by atoms with E-state index in [1.807, 2.05) is 12.1 Å². The van der Waals surface area contributed by atoms with Crippen LogP contribution in [0.3, 0.4) is 0 Å². The smallest absolute Gasteiger partial charge is 0.250 e. The van der Waals surface area contributed by atoms with Gasteiger partial charge in [-0.05, 0) is 37.8 Å². The molecule has 104 valence electrons. The molecular weight excluding hydrogens is 264 g/mol. The van der Waals surface area contributed by atoms with Gasteiger partial charge in [0.15, 0.2) is 0 Å². The van der Waals surface area contributed by atoms with E-state index >= 15 is 0 Å². The summed E-state index contributed by atoms with van der Waals surface area (Å²) < 4.78 is 5.59. The van der Waals surface area contributed by atoms with Crippen LogP contribution in [0.5, 0.6) is 0 Å². The first-order chi connectivity index (χ1) is 9.15. The second-order valence-electron chi connectivity index (χ2n) is 4.88. The highest BCUT2D eigenvalue weighted by molar-refractivity contribution is 6.33. The lowest BCUT2D eigenvalue weighted by molar-refractivity contribution is -0.123. The second-order valence-corrected chi connectivity index (χ2v) is 5.28. The van der Waals surface area contributed by atoms with Gasteiger partial charge >= 0.3 is 0 Å². The summed E-state index contributed by atoms with van der Waals surface area (Å²) in [5, 5.41) is 3.27. The van der Waals surface area contributed by atoms with Crippen molar-refractivity contribution in [3.05, 3.63) is 29.3 Å². The lowest BCUT2D eigenvalue weighted by atomic mass is 9.94. The minimum absolute atomic E-state index is 0.0606. The number of carbonyl (C=O) groups excluding carboxylic acids is 1. The van der Waals surface area contributed by atoms with Gasteiger partial charge in [-0.1, -0.05) is 23.7 Å². The first-order valence-corrected chi connectivity index (χ1v) is 6.94. The van der Waals surface area contributed by atoms with Gasteiger partial charge in [-0.3, -0.25) is 4.79 Å². The summed E-state index contributed by atoms with van der Waals surface area (Å²) in [6.45, 7) is 0.0606.